The van der Waals surface area contributed by atoms with Gasteiger partial charge in [-0.2, -0.15) is 5.10 Å². The standard InChI is InChI=1S/C18H23N3O3/c1-23-16-7-3-12(9-17(16)24-2)4-8-18(22)20-14-6-5-13-11-19-21-15(13)10-14/h3,7,9,11,14H,4-6,8,10H2,1-2H3,(H,19,21)(H,20,22). The molecule has 1 atom stereocenters. The summed E-state index contributed by atoms with van der Waals surface area (Å²) in [4.78, 5) is 12.2. The Morgan fingerprint density at radius 1 is 1.33 bits per heavy atom. The lowest BCUT2D eigenvalue weighted by molar-refractivity contribution is -0.121. The maximum Gasteiger partial charge on any atom is 0.220 e. The normalized spacial score (nSPS) is 16.3. The summed E-state index contributed by atoms with van der Waals surface area (Å²) in [5.74, 6) is 1.47. The number of ether oxygens (including phenoxy) is 2. The summed E-state index contributed by atoms with van der Waals surface area (Å²) in [7, 11) is 3.22. The molecule has 1 aliphatic carbocycles. The fraction of sp³-hybridized carbons (Fsp3) is 0.444. The van der Waals surface area contributed by atoms with Crippen molar-refractivity contribution in [1.82, 2.24) is 15.5 Å². The van der Waals surface area contributed by atoms with Crippen molar-refractivity contribution in [3.05, 3.63) is 41.2 Å². The summed E-state index contributed by atoms with van der Waals surface area (Å²) < 4.78 is 10.5. The summed E-state index contributed by atoms with van der Waals surface area (Å²) in [6.07, 6.45) is 5.78. The van der Waals surface area contributed by atoms with Crippen molar-refractivity contribution < 1.29 is 14.3 Å². The lowest BCUT2D eigenvalue weighted by atomic mass is 9.93. The van der Waals surface area contributed by atoms with Crippen molar-refractivity contribution in [3.63, 3.8) is 0 Å². The van der Waals surface area contributed by atoms with Gasteiger partial charge in [-0.05, 0) is 42.5 Å². The van der Waals surface area contributed by atoms with Gasteiger partial charge < -0.3 is 14.8 Å². The molecule has 1 aromatic carbocycles. The first-order valence-corrected chi connectivity index (χ1v) is 8.21. The lowest BCUT2D eigenvalue weighted by Gasteiger charge is -2.22. The zero-order chi connectivity index (χ0) is 16.9. The Balaban J connectivity index is 1.51. The minimum atomic E-state index is 0.0813. The van der Waals surface area contributed by atoms with Gasteiger partial charge in [-0.3, -0.25) is 9.89 Å². The molecule has 1 aromatic heterocycles. The first kappa shape index (κ1) is 16.4. The number of nitrogens with zero attached hydrogens (tertiary/aromatic N) is 1. The largest absolute Gasteiger partial charge is 0.493 e. The molecule has 0 saturated heterocycles. The first-order valence-electron chi connectivity index (χ1n) is 8.21. The van der Waals surface area contributed by atoms with Crippen LogP contribution in [0.2, 0.25) is 0 Å². The number of fused-ring (bicyclic) bond motifs is 1. The molecule has 128 valence electrons. The maximum atomic E-state index is 12.2. The molecule has 24 heavy (non-hydrogen) atoms. The minimum absolute atomic E-state index is 0.0813. The molecule has 0 radical (unpaired) electrons. The van der Waals surface area contributed by atoms with Gasteiger partial charge in [0.2, 0.25) is 5.91 Å². The van der Waals surface area contributed by atoms with Crippen LogP contribution in [0.4, 0.5) is 0 Å². The molecule has 1 amide bonds. The van der Waals surface area contributed by atoms with Crippen molar-refractivity contribution in [3.8, 4) is 11.5 Å². The van der Waals surface area contributed by atoms with Gasteiger partial charge in [0.25, 0.3) is 0 Å². The quantitative estimate of drug-likeness (QED) is 0.850. The molecule has 6 heteroatoms. The van der Waals surface area contributed by atoms with Crippen molar-refractivity contribution in [1.29, 1.82) is 0 Å². The highest BCUT2D eigenvalue weighted by Gasteiger charge is 2.21. The molecule has 0 fully saturated rings. The number of H-pyrrole nitrogens is 1. The number of amides is 1. The molecule has 2 N–H and O–H groups in total. The Bertz CT molecular complexity index is 711. The van der Waals surface area contributed by atoms with E-state index < -0.39 is 0 Å². The van der Waals surface area contributed by atoms with Crippen molar-refractivity contribution in [2.45, 2.75) is 38.1 Å². The van der Waals surface area contributed by atoms with Crippen molar-refractivity contribution >= 4 is 5.91 Å². The zero-order valence-corrected chi connectivity index (χ0v) is 14.1. The molecule has 0 spiro atoms. The topological polar surface area (TPSA) is 76.2 Å². The number of carbonyl (C=O) groups excluding carboxylic acids is 1. The van der Waals surface area contributed by atoms with E-state index in [1.165, 1.54) is 5.56 Å². The van der Waals surface area contributed by atoms with Gasteiger partial charge in [0.05, 0.1) is 20.4 Å². The van der Waals surface area contributed by atoms with Gasteiger partial charge in [-0.15, -0.1) is 0 Å². The Hall–Kier alpha value is -2.50. The Morgan fingerprint density at radius 2 is 2.17 bits per heavy atom. The zero-order valence-electron chi connectivity index (χ0n) is 14.1. The molecule has 0 saturated carbocycles. The van der Waals surface area contributed by atoms with Crippen LogP contribution < -0.4 is 14.8 Å². The smallest absolute Gasteiger partial charge is 0.220 e. The number of hydrogen-bond acceptors (Lipinski definition) is 4. The number of benzene rings is 1. The number of aryl methyl sites for hydroxylation is 2. The highest BCUT2D eigenvalue weighted by atomic mass is 16.5. The summed E-state index contributed by atoms with van der Waals surface area (Å²) in [5, 5.41) is 10.2. The molecule has 6 nitrogen and oxygen atoms in total. The third kappa shape index (κ3) is 3.69. The Kier molecular flexibility index (Phi) is 5.03. The fourth-order valence-corrected chi connectivity index (χ4v) is 3.13. The summed E-state index contributed by atoms with van der Waals surface area (Å²) in [5.41, 5.74) is 3.47. The third-order valence-electron chi connectivity index (χ3n) is 4.47. The van der Waals surface area contributed by atoms with Crippen LogP contribution in [0.1, 0.15) is 29.7 Å². The molecule has 0 aliphatic heterocycles. The second-order valence-corrected chi connectivity index (χ2v) is 6.07. The van der Waals surface area contributed by atoms with Crippen molar-refractivity contribution in [2.75, 3.05) is 14.2 Å². The maximum absolute atomic E-state index is 12.2. The fourth-order valence-electron chi connectivity index (χ4n) is 3.13. The number of carbonyl (C=O) groups is 1. The first-order chi connectivity index (χ1) is 11.7. The average molecular weight is 329 g/mol. The van der Waals surface area contributed by atoms with Gasteiger partial charge in [0.1, 0.15) is 0 Å². The van der Waals surface area contributed by atoms with Gasteiger partial charge in [-0.1, -0.05) is 6.07 Å². The molecule has 1 aliphatic rings. The highest BCUT2D eigenvalue weighted by Crippen LogP contribution is 2.28. The van der Waals surface area contributed by atoms with Crippen LogP contribution in [0, 0.1) is 0 Å². The molecule has 2 aromatic rings. The van der Waals surface area contributed by atoms with Gasteiger partial charge in [-0.25, -0.2) is 0 Å². The molecular formula is C18H23N3O3. The van der Waals surface area contributed by atoms with Crippen LogP contribution in [0.15, 0.2) is 24.4 Å². The number of methoxy groups -OCH3 is 2. The summed E-state index contributed by atoms with van der Waals surface area (Å²) >= 11 is 0. The van der Waals surface area contributed by atoms with E-state index >= 15 is 0 Å². The Labute approximate surface area is 141 Å². The highest BCUT2D eigenvalue weighted by molar-refractivity contribution is 5.76. The number of nitrogens with one attached hydrogen (secondary N) is 2. The molecule has 3 rings (SSSR count). The lowest BCUT2D eigenvalue weighted by Crippen LogP contribution is -2.38. The number of aromatic nitrogens is 2. The molecule has 1 unspecified atom stereocenters. The van der Waals surface area contributed by atoms with Crippen molar-refractivity contribution in [2.24, 2.45) is 0 Å². The van der Waals surface area contributed by atoms with E-state index in [-0.39, 0.29) is 11.9 Å². The van der Waals surface area contributed by atoms with Gasteiger partial charge >= 0.3 is 0 Å². The van der Waals surface area contributed by atoms with E-state index in [0.29, 0.717) is 24.3 Å². The van der Waals surface area contributed by atoms with Gasteiger partial charge in [0.15, 0.2) is 11.5 Å². The number of aromatic amines is 1. The van der Waals surface area contributed by atoms with Gasteiger partial charge in [0, 0.05) is 24.6 Å². The second kappa shape index (κ2) is 7.38. The van der Waals surface area contributed by atoms with E-state index in [9.17, 15) is 4.79 Å². The van der Waals surface area contributed by atoms with Crippen LogP contribution in [-0.2, 0) is 24.1 Å². The van der Waals surface area contributed by atoms with Crippen LogP contribution in [0.3, 0.4) is 0 Å². The SMILES string of the molecule is COc1ccc(CCC(=O)NC2CCc3cn[nH]c3C2)cc1OC. The van der Waals surface area contributed by atoms with E-state index in [1.807, 2.05) is 24.4 Å². The van der Waals surface area contributed by atoms with Crippen LogP contribution in [-0.4, -0.2) is 36.4 Å². The van der Waals surface area contributed by atoms with E-state index in [4.69, 9.17) is 9.47 Å². The summed E-state index contributed by atoms with van der Waals surface area (Å²) in [6, 6.07) is 5.94. The summed E-state index contributed by atoms with van der Waals surface area (Å²) in [6.45, 7) is 0. The third-order valence-corrected chi connectivity index (χ3v) is 4.47. The number of rotatable bonds is 6. The minimum Gasteiger partial charge on any atom is -0.493 e. The monoisotopic (exact) mass is 329 g/mol. The predicted molar refractivity (Wildman–Crippen MR) is 90.4 cm³/mol. The van der Waals surface area contributed by atoms with Crippen LogP contribution in [0.25, 0.3) is 0 Å². The van der Waals surface area contributed by atoms with Crippen LogP contribution in [0.5, 0.6) is 11.5 Å². The van der Waals surface area contributed by atoms with E-state index in [1.54, 1.807) is 14.2 Å². The number of hydrogen-bond donors (Lipinski definition) is 2. The predicted octanol–water partition coefficient (Wildman–Crippen LogP) is 2.03. The molecule has 1 heterocycles. The van der Waals surface area contributed by atoms with E-state index in [0.717, 1.165) is 30.5 Å². The molecular weight excluding hydrogens is 306 g/mol. The Morgan fingerprint density at radius 3 is 2.96 bits per heavy atom. The van der Waals surface area contributed by atoms with Crippen LogP contribution >= 0.6 is 0 Å². The second-order valence-electron chi connectivity index (χ2n) is 6.07. The van der Waals surface area contributed by atoms with E-state index in [2.05, 4.69) is 15.5 Å². The molecule has 0 bridgehead atoms. The average Bonchev–Trinajstić information content (AvgIpc) is 3.07.